The normalized spacial score (nSPS) is 34.0. The van der Waals surface area contributed by atoms with Crippen LogP contribution >= 0.6 is 0 Å². The second kappa shape index (κ2) is 9.73. The average molecular weight is 491 g/mol. The van der Waals surface area contributed by atoms with E-state index in [-0.39, 0.29) is 43.1 Å². The number of carbonyl (C=O) groups excluding carboxylic acids is 2. The van der Waals surface area contributed by atoms with Crippen molar-refractivity contribution in [1.82, 2.24) is 20.0 Å². The van der Waals surface area contributed by atoms with E-state index >= 15 is 0 Å². The van der Waals surface area contributed by atoms with Crippen molar-refractivity contribution in [2.75, 3.05) is 33.5 Å². The molecule has 10 nitrogen and oxygen atoms in total. The van der Waals surface area contributed by atoms with Gasteiger partial charge >= 0.3 is 6.03 Å². The summed E-state index contributed by atoms with van der Waals surface area (Å²) in [5.41, 5.74) is 1.89. The highest BCUT2D eigenvalue weighted by Gasteiger charge is 2.53. The molecule has 33 heavy (non-hydrogen) atoms. The number of nitrogens with zero attached hydrogens (tertiary/aromatic N) is 2. The molecule has 5 unspecified atom stereocenters. The molecule has 4 aliphatic rings. The van der Waals surface area contributed by atoms with Crippen LogP contribution in [0.25, 0.3) is 0 Å². The van der Waals surface area contributed by atoms with Crippen LogP contribution in [-0.2, 0) is 24.4 Å². The molecule has 3 amide bonds. The van der Waals surface area contributed by atoms with E-state index < -0.39 is 33.4 Å². The molecule has 5 atom stereocenters. The van der Waals surface area contributed by atoms with Gasteiger partial charge in [0.25, 0.3) is 0 Å². The molecule has 0 bridgehead atoms. The molecule has 2 saturated carbocycles. The molecule has 2 aliphatic carbocycles. The zero-order chi connectivity index (χ0) is 23.8. The molecule has 188 valence electrons. The van der Waals surface area contributed by atoms with Gasteiger partial charge in [-0.05, 0) is 51.9 Å². The van der Waals surface area contributed by atoms with Crippen LogP contribution in [0.2, 0.25) is 0 Å². The third kappa shape index (κ3) is 5.19. The summed E-state index contributed by atoms with van der Waals surface area (Å²) >= 11 is 0. The van der Waals surface area contributed by atoms with Gasteiger partial charge in [0.05, 0.1) is 29.4 Å². The van der Waals surface area contributed by atoms with Gasteiger partial charge in [0.1, 0.15) is 6.67 Å². The Hall–Kier alpha value is -1.34. The van der Waals surface area contributed by atoms with Gasteiger partial charge in [-0.15, -0.1) is 0 Å². The van der Waals surface area contributed by atoms with Gasteiger partial charge in [-0.25, -0.2) is 22.3 Å². The summed E-state index contributed by atoms with van der Waals surface area (Å²) in [4.78, 5) is 35.2. The van der Waals surface area contributed by atoms with E-state index in [1.165, 1.54) is 4.90 Å². The number of nitrogens with one attached hydrogen (secondary N) is 2. The van der Waals surface area contributed by atoms with Gasteiger partial charge < -0.3 is 9.64 Å². The predicted molar refractivity (Wildman–Crippen MR) is 117 cm³/mol. The second-order valence-corrected chi connectivity index (χ2v) is 11.9. The van der Waals surface area contributed by atoms with Gasteiger partial charge in [-0.3, -0.25) is 14.5 Å². The van der Waals surface area contributed by atoms with Gasteiger partial charge in [0.2, 0.25) is 15.9 Å². The lowest BCUT2D eigenvalue weighted by molar-refractivity contribution is -0.142. The summed E-state index contributed by atoms with van der Waals surface area (Å²) < 4.78 is 47.0. The first kappa shape index (κ1) is 24.8. The first-order chi connectivity index (χ1) is 15.7. The lowest BCUT2D eigenvalue weighted by Crippen LogP contribution is -2.65. The van der Waals surface area contributed by atoms with E-state index in [9.17, 15) is 22.4 Å². The maximum absolute atomic E-state index is 13.4. The SMILES string of the molecule is COCCCN1C(=O)N(CC2CC(C)NO2)C(=O)C2CC(S(=O)(=O)NC3(CF)CC3)CCC21. The van der Waals surface area contributed by atoms with E-state index in [1.807, 2.05) is 6.92 Å². The van der Waals surface area contributed by atoms with Gasteiger partial charge in [-0.2, -0.15) is 5.48 Å². The molecule has 12 heteroatoms. The Balaban J connectivity index is 1.52. The Bertz CT molecular complexity index is 854. The number of ether oxygens (including phenoxy) is 1. The predicted octanol–water partition coefficient (Wildman–Crippen LogP) is 0.928. The molecular weight excluding hydrogens is 455 g/mol. The third-order valence-electron chi connectivity index (χ3n) is 7.32. The first-order valence-corrected chi connectivity index (χ1v) is 13.3. The molecule has 2 aliphatic heterocycles. The van der Waals surface area contributed by atoms with Crippen molar-refractivity contribution in [1.29, 1.82) is 0 Å². The minimum Gasteiger partial charge on any atom is -0.385 e. The summed E-state index contributed by atoms with van der Waals surface area (Å²) in [7, 11) is -2.19. The zero-order valence-electron chi connectivity index (χ0n) is 19.3. The molecule has 0 aromatic heterocycles. The highest BCUT2D eigenvalue weighted by Crippen LogP contribution is 2.40. The molecular formula is C21H35FN4O6S. The smallest absolute Gasteiger partial charge is 0.327 e. The van der Waals surface area contributed by atoms with Gasteiger partial charge in [0.15, 0.2) is 0 Å². The number of carbonyl (C=O) groups is 2. The van der Waals surface area contributed by atoms with E-state index in [2.05, 4.69) is 10.2 Å². The summed E-state index contributed by atoms with van der Waals surface area (Å²) in [6.45, 7) is 2.26. The largest absolute Gasteiger partial charge is 0.385 e. The number of hydrogen-bond acceptors (Lipinski definition) is 7. The molecule has 4 fully saturated rings. The van der Waals surface area contributed by atoms with E-state index in [0.717, 1.165) is 0 Å². The minimum absolute atomic E-state index is 0.117. The Labute approximate surface area is 194 Å². The van der Waals surface area contributed by atoms with Crippen LogP contribution in [0.1, 0.15) is 51.9 Å². The summed E-state index contributed by atoms with van der Waals surface area (Å²) in [5.74, 6) is -0.962. The Morgan fingerprint density at radius 2 is 2.03 bits per heavy atom. The highest BCUT2D eigenvalue weighted by atomic mass is 32.2. The fourth-order valence-electron chi connectivity index (χ4n) is 5.25. The minimum atomic E-state index is -3.78. The lowest BCUT2D eigenvalue weighted by Gasteiger charge is -2.48. The number of hydroxylamine groups is 1. The zero-order valence-corrected chi connectivity index (χ0v) is 20.1. The molecule has 2 heterocycles. The Morgan fingerprint density at radius 1 is 1.27 bits per heavy atom. The lowest BCUT2D eigenvalue weighted by atomic mass is 9.80. The number of imide groups is 1. The Morgan fingerprint density at radius 3 is 2.64 bits per heavy atom. The number of sulfonamides is 1. The summed E-state index contributed by atoms with van der Waals surface area (Å²) in [6.07, 6.45) is 2.81. The summed E-state index contributed by atoms with van der Waals surface area (Å²) in [6, 6.07) is -0.576. The quantitative estimate of drug-likeness (QED) is 0.438. The number of methoxy groups -OCH3 is 1. The van der Waals surface area contributed by atoms with Crippen LogP contribution in [0, 0.1) is 5.92 Å². The topological polar surface area (TPSA) is 117 Å². The van der Waals surface area contributed by atoms with Crippen molar-refractivity contribution in [2.24, 2.45) is 5.92 Å². The number of amides is 3. The maximum atomic E-state index is 13.4. The van der Waals surface area contributed by atoms with Crippen molar-refractivity contribution in [3.8, 4) is 0 Å². The van der Waals surface area contributed by atoms with Crippen LogP contribution < -0.4 is 10.2 Å². The van der Waals surface area contributed by atoms with Crippen LogP contribution in [-0.4, -0.2) is 92.6 Å². The number of rotatable bonds is 10. The number of alkyl halides is 1. The van der Waals surface area contributed by atoms with Crippen molar-refractivity contribution in [3.63, 3.8) is 0 Å². The molecule has 0 aromatic carbocycles. The molecule has 2 N–H and O–H groups in total. The van der Waals surface area contributed by atoms with Crippen LogP contribution in [0.3, 0.4) is 0 Å². The highest BCUT2D eigenvalue weighted by molar-refractivity contribution is 7.90. The Kier molecular flexibility index (Phi) is 7.30. The number of urea groups is 1. The number of halogens is 1. The molecule has 2 saturated heterocycles. The number of hydrogen-bond donors (Lipinski definition) is 2. The van der Waals surface area contributed by atoms with E-state index in [4.69, 9.17) is 9.57 Å². The molecule has 0 radical (unpaired) electrons. The van der Waals surface area contributed by atoms with Crippen molar-refractivity contribution in [2.45, 2.75) is 80.8 Å². The van der Waals surface area contributed by atoms with Gasteiger partial charge in [0, 0.05) is 32.3 Å². The molecule has 0 aromatic rings. The average Bonchev–Trinajstić information content (AvgIpc) is 3.43. The fourth-order valence-corrected chi connectivity index (χ4v) is 7.19. The van der Waals surface area contributed by atoms with E-state index in [0.29, 0.717) is 51.7 Å². The number of fused-ring (bicyclic) bond motifs is 1. The monoisotopic (exact) mass is 490 g/mol. The van der Waals surface area contributed by atoms with Crippen LogP contribution in [0.15, 0.2) is 0 Å². The molecule has 0 spiro atoms. The first-order valence-electron chi connectivity index (χ1n) is 11.8. The third-order valence-corrected chi connectivity index (χ3v) is 9.34. The van der Waals surface area contributed by atoms with Gasteiger partial charge in [-0.1, -0.05) is 0 Å². The summed E-state index contributed by atoms with van der Waals surface area (Å²) in [5, 5.41) is -0.785. The van der Waals surface area contributed by atoms with Crippen molar-refractivity contribution in [3.05, 3.63) is 0 Å². The standard InChI is InChI=1S/C21H35FN4O6S/c1-14-10-15(32-23-14)12-26-19(27)17-11-16(33(29,30)24-21(13-22)6-7-21)4-5-18(17)25(20(26)28)8-3-9-31-2/h14-18,23-24H,3-13H2,1-2H3. The molecule has 4 rings (SSSR count). The van der Waals surface area contributed by atoms with E-state index in [1.54, 1.807) is 12.0 Å². The van der Waals surface area contributed by atoms with Crippen molar-refractivity contribution >= 4 is 22.0 Å². The fraction of sp³-hybridized carbons (Fsp3) is 0.905. The van der Waals surface area contributed by atoms with Crippen LogP contribution in [0.5, 0.6) is 0 Å². The van der Waals surface area contributed by atoms with Crippen molar-refractivity contribution < 1.29 is 32.0 Å². The maximum Gasteiger partial charge on any atom is 0.327 e. The van der Waals surface area contributed by atoms with Crippen LogP contribution in [0.4, 0.5) is 9.18 Å². The second-order valence-electron chi connectivity index (χ2n) is 9.94.